The third-order valence-corrected chi connectivity index (χ3v) is 2.43. The van der Waals surface area contributed by atoms with Gasteiger partial charge in [0.25, 0.3) is 0 Å². The fourth-order valence-corrected chi connectivity index (χ4v) is 1.40. The molecule has 0 aliphatic rings. The van der Waals surface area contributed by atoms with E-state index in [1.54, 1.807) is 12.1 Å². The van der Waals surface area contributed by atoms with Crippen LogP contribution in [-0.2, 0) is 0 Å². The second-order valence-electron chi connectivity index (χ2n) is 5.63. The summed E-state index contributed by atoms with van der Waals surface area (Å²) in [6, 6.07) is 3.19. The van der Waals surface area contributed by atoms with Gasteiger partial charge in [0.1, 0.15) is 6.20 Å². The molecule has 0 saturated carbocycles. The molecule has 1 N–H and O–H groups in total. The number of ether oxygens (including phenoxy) is 1. The van der Waals surface area contributed by atoms with Crippen LogP contribution in [0.2, 0.25) is 0 Å². The zero-order chi connectivity index (χ0) is 14.5. The Morgan fingerprint density at radius 1 is 1.53 bits per heavy atom. The van der Waals surface area contributed by atoms with Crippen molar-refractivity contribution < 1.29 is 9.66 Å². The number of pyridine rings is 1. The van der Waals surface area contributed by atoms with Crippen LogP contribution >= 0.6 is 0 Å². The monoisotopic (exact) mass is 267 g/mol. The van der Waals surface area contributed by atoms with Crippen LogP contribution in [0.3, 0.4) is 0 Å². The summed E-state index contributed by atoms with van der Waals surface area (Å²) in [5, 5.41) is 14.1. The molecule has 0 aromatic carbocycles. The van der Waals surface area contributed by atoms with E-state index in [0.717, 1.165) is 6.54 Å². The second kappa shape index (κ2) is 6.47. The maximum Gasteiger partial charge on any atom is 0.406 e. The van der Waals surface area contributed by atoms with Crippen LogP contribution in [0.25, 0.3) is 0 Å². The number of nitro groups is 1. The number of hydrogen-bond acceptors (Lipinski definition) is 5. The molecule has 106 valence electrons. The summed E-state index contributed by atoms with van der Waals surface area (Å²) in [4.78, 5) is 13.9. The first-order valence-electron chi connectivity index (χ1n) is 6.27. The molecule has 0 radical (unpaired) electrons. The van der Waals surface area contributed by atoms with Crippen molar-refractivity contribution in [3.63, 3.8) is 0 Å². The second-order valence-corrected chi connectivity index (χ2v) is 5.63. The highest BCUT2D eigenvalue weighted by atomic mass is 16.6. The molecule has 0 saturated heterocycles. The molecular weight excluding hydrogens is 246 g/mol. The van der Waals surface area contributed by atoms with E-state index in [-0.39, 0.29) is 23.0 Å². The lowest BCUT2D eigenvalue weighted by atomic mass is 10.1. The van der Waals surface area contributed by atoms with Crippen molar-refractivity contribution in [2.24, 2.45) is 5.92 Å². The Morgan fingerprint density at radius 3 is 2.79 bits per heavy atom. The van der Waals surface area contributed by atoms with Crippen molar-refractivity contribution in [3.05, 3.63) is 28.4 Å². The molecule has 1 aromatic heterocycles. The SMILES string of the molecule is CC(CNC(C)(C)C)COc1cccnc1[N+](=O)[O-]. The van der Waals surface area contributed by atoms with Crippen molar-refractivity contribution in [2.75, 3.05) is 13.2 Å². The molecule has 1 unspecified atom stereocenters. The highest BCUT2D eigenvalue weighted by Gasteiger charge is 2.17. The molecule has 0 fully saturated rings. The molecule has 6 nitrogen and oxygen atoms in total. The first kappa shape index (κ1) is 15.4. The molecule has 6 heteroatoms. The van der Waals surface area contributed by atoms with E-state index in [9.17, 15) is 10.1 Å². The fraction of sp³-hybridized carbons (Fsp3) is 0.615. The van der Waals surface area contributed by atoms with Crippen LogP contribution in [-0.4, -0.2) is 28.6 Å². The Bertz CT molecular complexity index is 429. The van der Waals surface area contributed by atoms with E-state index in [0.29, 0.717) is 6.61 Å². The van der Waals surface area contributed by atoms with Crippen molar-refractivity contribution in [2.45, 2.75) is 33.2 Å². The van der Waals surface area contributed by atoms with Gasteiger partial charge in [0, 0.05) is 18.0 Å². The van der Waals surface area contributed by atoms with Crippen LogP contribution < -0.4 is 10.1 Å². The number of rotatable bonds is 6. The van der Waals surface area contributed by atoms with Gasteiger partial charge in [-0.3, -0.25) is 0 Å². The summed E-state index contributed by atoms with van der Waals surface area (Å²) in [6.45, 7) is 9.50. The van der Waals surface area contributed by atoms with Gasteiger partial charge in [0.05, 0.1) is 6.61 Å². The molecule has 1 aromatic rings. The van der Waals surface area contributed by atoms with Gasteiger partial charge >= 0.3 is 5.82 Å². The zero-order valence-corrected chi connectivity index (χ0v) is 11.8. The van der Waals surface area contributed by atoms with Crippen molar-refractivity contribution in [3.8, 4) is 5.75 Å². The van der Waals surface area contributed by atoms with Gasteiger partial charge in [-0.2, -0.15) is 0 Å². The van der Waals surface area contributed by atoms with Gasteiger partial charge in [0.2, 0.25) is 5.75 Å². The minimum Gasteiger partial charge on any atom is -0.485 e. The minimum absolute atomic E-state index is 0.0502. The molecule has 1 rings (SSSR count). The smallest absolute Gasteiger partial charge is 0.406 e. The number of aromatic nitrogens is 1. The Labute approximate surface area is 113 Å². The molecule has 1 heterocycles. The highest BCUT2D eigenvalue weighted by Crippen LogP contribution is 2.23. The Kier molecular flexibility index (Phi) is 5.23. The standard InChI is InChI=1S/C13H21N3O3/c1-10(8-15-13(2,3)4)9-19-11-6-5-7-14-12(11)16(17)18/h5-7,10,15H,8-9H2,1-4H3. The summed E-state index contributed by atoms with van der Waals surface area (Å²) >= 11 is 0. The molecule has 0 aliphatic carbocycles. The van der Waals surface area contributed by atoms with Crippen LogP contribution in [0.1, 0.15) is 27.7 Å². The van der Waals surface area contributed by atoms with Crippen molar-refractivity contribution in [1.29, 1.82) is 0 Å². The van der Waals surface area contributed by atoms with Crippen LogP contribution in [0, 0.1) is 16.0 Å². The van der Waals surface area contributed by atoms with Crippen LogP contribution in [0.5, 0.6) is 5.75 Å². The van der Waals surface area contributed by atoms with Gasteiger partial charge in [0.15, 0.2) is 0 Å². The topological polar surface area (TPSA) is 77.3 Å². The van der Waals surface area contributed by atoms with Gasteiger partial charge in [-0.25, -0.2) is 0 Å². The van der Waals surface area contributed by atoms with Gasteiger partial charge in [-0.15, -0.1) is 0 Å². The number of hydrogen-bond donors (Lipinski definition) is 1. The van der Waals surface area contributed by atoms with E-state index in [2.05, 4.69) is 31.1 Å². The molecule has 0 aliphatic heterocycles. The third kappa shape index (κ3) is 5.65. The summed E-state index contributed by atoms with van der Waals surface area (Å²) in [6.07, 6.45) is 1.38. The van der Waals surface area contributed by atoms with E-state index in [1.807, 2.05) is 6.92 Å². The first-order chi connectivity index (χ1) is 8.79. The van der Waals surface area contributed by atoms with Crippen molar-refractivity contribution >= 4 is 5.82 Å². The lowest BCUT2D eigenvalue weighted by Crippen LogP contribution is -2.39. The summed E-state index contributed by atoms with van der Waals surface area (Å²) < 4.78 is 5.48. The summed E-state index contributed by atoms with van der Waals surface area (Å²) in [7, 11) is 0. The van der Waals surface area contributed by atoms with E-state index >= 15 is 0 Å². The normalized spacial score (nSPS) is 13.1. The van der Waals surface area contributed by atoms with E-state index in [4.69, 9.17) is 4.74 Å². The lowest BCUT2D eigenvalue weighted by molar-refractivity contribution is -0.390. The maximum absolute atomic E-state index is 10.8. The van der Waals surface area contributed by atoms with Gasteiger partial charge in [-0.1, -0.05) is 6.92 Å². The molecule has 19 heavy (non-hydrogen) atoms. The van der Waals surface area contributed by atoms with E-state index in [1.165, 1.54) is 6.20 Å². The van der Waals surface area contributed by atoms with Crippen molar-refractivity contribution in [1.82, 2.24) is 10.3 Å². The van der Waals surface area contributed by atoms with Crippen LogP contribution in [0.4, 0.5) is 5.82 Å². The van der Waals surface area contributed by atoms with E-state index < -0.39 is 4.92 Å². The lowest BCUT2D eigenvalue weighted by Gasteiger charge is -2.23. The summed E-state index contributed by atoms with van der Waals surface area (Å²) in [5.41, 5.74) is 0.0502. The first-order valence-corrected chi connectivity index (χ1v) is 6.27. The van der Waals surface area contributed by atoms with Gasteiger partial charge in [-0.05, 0) is 42.8 Å². The average Bonchev–Trinajstić information content (AvgIpc) is 2.33. The maximum atomic E-state index is 10.8. The van der Waals surface area contributed by atoms with Gasteiger partial charge < -0.3 is 20.2 Å². The molecule has 1 atom stereocenters. The zero-order valence-electron chi connectivity index (χ0n) is 11.8. The average molecular weight is 267 g/mol. The Hall–Kier alpha value is -1.69. The fourth-order valence-electron chi connectivity index (χ4n) is 1.40. The number of nitrogens with one attached hydrogen (secondary N) is 1. The number of nitrogens with zero attached hydrogens (tertiary/aromatic N) is 2. The predicted octanol–water partition coefficient (Wildman–Crippen LogP) is 2.39. The van der Waals surface area contributed by atoms with Crippen LogP contribution in [0.15, 0.2) is 18.3 Å². The Balaban J connectivity index is 2.51. The predicted molar refractivity (Wildman–Crippen MR) is 73.3 cm³/mol. The molecule has 0 amide bonds. The quantitative estimate of drug-likeness (QED) is 0.632. The largest absolute Gasteiger partial charge is 0.485 e. The molecular formula is C13H21N3O3. The third-order valence-electron chi connectivity index (χ3n) is 2.43. The minimum atomic E-state index is -0.534. The molecule has 0 bridgehead atoms. The Morgan fingerprint density at radius 2 is 2.21 bits per heavy atom. The molecule has 0 spiro atoms. The highest BCUT2D eigenvalue weighted by molar-refractivity contribution is 5.38. The summed E-state index contributed by atoms with van der Waals surface area (Å²) in [5.74, 6) is 0.229.